The fraction of sp³-hybridized carbons (Fsp3) is 0.333. The first-order valence-corrected chi connectivity index (χ1v) is 7.45. The number of aryl methyl sites for hydroxylation is 1. The van der Waals surface area contributed by atoms with Crippen LogP contribution >= 0.6 is 0 Å². The molecule has 22 heavy (non-hydrogen) atoms. The molecule has 1 aromatic heterocycles. The lowest BCUT2D eigenvalue weighted by Crippen LogP contribution is -2.29. The second-order valence-corrected chi connectivity index (χ2v) is 5.27. The third-order valence-electron chi connectivity index (χ3n) is 3.70. The summed E-state index contributed by atoms with van der Waals surface area (Å²) < 4.78 is 5.13. The van der Waals surface area contributed by atoms with E-state index >= 15 is 0 Å². The minimum absolute atomic E-state index is 0.171. The molecule has 0 atom stereocenters. The molecular weight excluding hydrogens is 276 g/mol. The molecule has 1 amide bonds. The third-order valence-corrected chi connectivity index (χ3v) is 3.70. The van der Waals surface area contributed by atoms with Gasteiger partial charge in [0.1, 0.15) is 5.75 Å². The first kappa shape index (κ1) is 16.0. The van der Waals surface area contributed by atoms with E-state index in [9.17, 15) is 4.79 Å². The minimum atomic E-state index is 0.171. The Labute approximate surface area is 131 Å². The van der Waals surface area contributed by atoms with Crippen LogP contribution in [0.3, 0.4) is 0 Å². The van der Waals surface area contributed by atoms with Crippen LogP contribution in [-0.4, -0.2) is 36.5 Å². The van der Waals surface area contributed by atoms with Crippen molar-refractivity contribution in [3.05, 3.63) is 59.9 Å². The molecule has 0 bridgehead atoms. The summed E-state index contributed by atoms with van der Waals surface area (Å²) in [7, 11) is 3.51. The average Bonchev–Trinajstić information content (AvgIpc) is 2.58. The number of hydrogen-bond donors (Lipinski definition) is 0. The van der Waals surface area contributed by atoms with E-state index in [1.54, 1.807) is 24.4 Å². The number of aromatic nitrogens is 1. The van der Waals surface area contributed by atoms with Gasteiger partial charge in [-0.3, -0.25) is 9.78 Å². The van der Waals surface area contributed by atoms with E-state index in [4.69, 9.17) is 4.74 Å². The SMILES string of the molecule is COc1ccc(CCC(=O)N(C)CCc2ccncc2)cc1. The van der Waals surface area contributed by atoms with Crippen molar-refractivity contribution in [3.63, 3.8) is 0 Å². The maximum absolute atomic E-state index is 12.1. The topological polar surface area (TPSA) is 42.4 Å². The Kier molecular flexibility index (Phi) is 5.95. The number of benzene rings is 1. The fourth-order valence-electron chi connectivity index (χ4n) is 2.21. The number of hydrogen-bond acceptors (Lipinski definition) is 3. The number of carbonyl (C=O) groups excluding carboxylic acids is 1. The molecule has 2 rings (SSSR count). The zero-order valence-electron chi connectivity index (χ0n) is 13.2. The van der Waals surface area contributed by atoms with Gasteiger partial charge in [0.15, 0.2) is 0 Å². The Morgan fingerprint density at radius 2 is 1.68 bits per heavy atom. The van der Waals surface area contributed by atoms with Crippen LogP contribution in [0.4, 0.5) is 0 Å². The van der Waals surface area contributed by atoms with Crippen LogP contribution in [-0.2, 0) is 17.6 Å². The van der Waals surface area contributed by atoms with Crippen LogP contribution in [0, 0.1) is 0 Å². The van der Waals surface area contributed by atoms with Gasteiger partial charge in [0, 0.05) is 32.4 Å². The second kappa shape index (κ2) is 8.17. The highest BCUT2D eigenvalue weighted by molar-refractivity contribution is 5.76. The zero-order valence-corrected chi connectivity index (χ0v) is 13.2. The highest BCUT2D eigenvalue weighted by Gasteiger charge is 2.09. The maximum Gasteiger partial charge on any atom is 0.222 e. The molecule has 0 saturated heterocycles. The maximum atomic E-state index is 12.1. The number of pyridine rings is 1. The predicted octanol–water partition coefficient (Wildman–Crippen LogP) is 2.72. The van der Waals surface area contributed by atoms with Gasteiger partial charge in [-0.2, -0.15) is 0 Å². The van der Waals surface area contributed by atoms with Crippen LogP contribution in [0.2, 0.25) is 0 Å². The molecule has 0 unspecified atom stereocenters. The van der Waals surface area contributed by atoms with Crippen molar-refractivity contribution in [1.82, 2.24) is 9.88 Å². The summed E-state index contributed by atoms with van der Waals surface area (Å²) in [5.74, 6) is 1.01. The molecule has 1 heterocycles. The average molecular weight is 298 g/mol. The van der Waals surface area contributed by atoms with Crippen molar-refractivity contribution in [3.8, 4) is 5.75 Å². The molecule has 4 heteroatoms. The van der Waals surface area contributed by atoms with Crippen molar-refractivity contribution in [2.24, 2.45) is 0 Å². The number of nitrogens with zero attached hydrogens (tertiary/aromatic N) is 2. The third kappa shape index (κ3) is 4.88. The smallest absolute Gasteiger partial charge is 0.222 e. The molecule has 0 aliphatic rings. The van der Waals surface area contributed by atoms with Crippen molar-refractivity contribution >= 4 is 5.91 Å². The Bertz CT molecular complexity index is 582. The van der Waals surface area contributed by atoms with E-state index in [0.717, 1.165) is 30.7 Å². The molecule has 2 aromatic rings. The zero-order chi connectivity index (χ0) is 15.8. The predicted molar refractivity (Wildman–Crippen MR) is 86.9 cm³/mol. The van der Waals surface area contributed by atoms with E-state index in [2.05, 4.69) is 4.98 Å². The highest BCUT2D eigenvalue weighted by atomic mass is 16.5. The number of ether oxygens (including phenoxy) is 1. The number of amides is 1. The molecule has 0 aliphatic heterocycles. The highest BCUT2D eigenvalue weighted by Crippen LogP contribution is 2.13. The van der Waals surface area contributed by atoms with Gasteiger partial charge >= 0.3 is 0 Å². The van der Waals surface area contributed by atoms with E-state index in [1.165, 1.54) is 5.56 Å². The summed E-state index contributed by atoms with van der Waals surface area (Å²) in [4.78, 5) is 17.9. The number of rotatable bonds is 7. The molecule has 1 aromatic carbocycles. The van der Waals surface area contributed by atoms with E-state index in [0.29, 0.717) is 6.42 Å². The lowest BCUT2D eigenvalue weighted by molar-refractivity contribution is -0.129. The minimum Gasteiger partial charge on any atom is -0.497 e. The Morgan fingerprint density at radius 1 is 1.05 bits per heavy atom. The molecule has 0 saturated carbocycles. The molecule has 0 fully saturated rings. The summed E-state index contributed by atoms with van der Waals surface area (Å²) in [5.41, 5.74) is 2.35. The molecule has 0 spiro atoms. The van der Waals surface area contributed by atoms with Gasteiger partial charge in [0.2, 0.25) is 5.91 Å². The fourth-order valence-corrected chi connectivity index (χ4v) is 2.21. The van der Waals surface area contributed by atoms with Gasteiger partial charge < -0.3 is 9.64 Å². The number of methoxy groups -OCH3 is 1. The molecule has 116 valence electrons. The van der Waals surface area contributed by atoms with Gasteiger partial charge in [0.25, 0.3) is 0 Å². The van der Waals surface area contributed by atoms with E-state index in [1.807, 2.05) is 43.4 Å². The van der Waals surface area contributed by atoms with Gasteiger partial charge in [-0.1, -0.05) is 12.1 Å². The van der Waals surface area contributed by atoms with Crippen LogP contribution in [0.5, 0.6) is 5.75 Å². The molecule has 4 nitrogen and oxygen atoms in total. The number of carbonyl (C=O) groups is 1. The number of likely N-dealkylation sites (N-methyl/N-ethyl adjacent to an activating group) is 1. The van der Waals surface area contributed by atoms with Crippen molar-refractivity contribution in [2.75, 3.05) is 20.7 Å². The molecule has 0 N–H and O–H groups in total. The summed E-state index contributed by atoms with van der Waals surface area (Å²) in [5, 5.41) is 0. The Morgan fingerprint density at radius 3 is 2.32 bits per heavy atom. The first-order chi connectivity index (χ1) is 10.7. The standard InChI is InChI=1S/C18H22N2O2/c1-20(14-11-16-9-12-19-13-10-16)18(21)8-5-15-3-6-17(22-2)7-4-15/h3-4,6-7,9-10,12-13H,5,8,11,14H2,1-2H3. The summed E-state index contributed by atoms with van der Waals surface area (Å²) in [6.07, 6.45) is 5.69. The summed E-state index contributed by atoms with van der Waals surface area (Å²) in [6, 6.07) is 11.8. The van der Waals surface area contributed by atoms with Gasteiger partial charge in [-0.05, 0) is 48.2 Å². The quantitative estimate of drug-likeness (QED) is 0.789. The normalized spacial score (nSPS) is 10.3. The van der Waals surface area contributed by atoms with Crippen molar-refractivity contribution in [1.29, 1.82) is 0 Å². The first-order valence-electron chi connectivity index (χ1n) is 7.45. The van der Waals surface area contributed by atoms with E-state index < -0.39 is 0 Å². The van der Waals surface area contributed by atoms with Gasteiger partial charge in [-0.25, -0.2) is 0 Å². The van der Waals surface area contributed by atoms with Crippen LogP contribution in [0.15, 0.2) is 48.8 Å². The summed E-state index contributed by atoms with van der Waals surface area (Å²) in [6.45, 7) is 0.728. The summed E-state index contributed by atoms with van der Waals surface area (Å²) >= 11 is 0. The molecular formula is C18H22N2O2. The Balaban J connectivity index is 1.76. The van der Waals surface area contributed by atoms with Gasteiger partial charge in [-0.15, -0.1) is 0 Å². The largest absolute Gasteiger partial charge is 0.497 e. The van der Waals surface area contributed by atoms with Gasteiger partial charge in [0.05, 0.1) is 7.11 Å². The van der Waals surface area contributed by atoms with Crippen LogP contribution in [0.25, 0.3) is 0 Å². The molecule has 0 radical (unpaired) electrons. The second-order valence-electron chi connectivity index (χ2n) is 5.27. The van der Waals surface area contributed by atoms with Crippen molar-refractivity contribution < 1.29 is 9.53 Å². The van der Waals surface area contributed by atoms with Crippen LogP contribution in [0.1, 0.15) is 17.5 Å². The van der Waals surface area contributed by atoms with Crippen molar-refractivity contribution in [2.45, 2.75) is 19.3 Å². The lowest BCUT2D eigenvalue weighted by Gasteiger charge is -2.17. The Hall–Kier alpha value is -2.36. The van der Waals surface area contributed by atoms with E-state index in [-0.39, 0.29) is 5.91 Å². The molecule has 0 aliphatic carbocycles. The lowest BCUT2D eigenvalue weighted by atomic mass is 10.1. The van der Waals surface area contributed by atoms with Crippen LogP contribution < -0.4 is 4.74 Å². The monoisotopic (exact) mass is 298 g/mol.